The number of amides is 4. The zero-order valence-corrected chi connectivity index (χ0v) is 27.1. The molecule has 0 saturated carbocycles. The van der Waals surface area contributed by atoms with Gasteiger partial charge in [-0.05, 0) is 78.2 Å². The van der Waals surface area contributed by atoms with Gasteiger partial charge in [-0.25, -0.2) is 0 Å². The summed E-state index contributed by atoms with van der Waals surface area (Å²) in [7, 11) is 0. The van der Waals surface area contributed by atoms with E-state index in [4.69, 9.17) is 28.7 Å². The van der Waals surface area contributed by atoms with Crippen LogP contribution in [0.4, 0.5) is 0 Å². The van der Waals surface area contributed by atoms with Crippen LogP contribution in [0.2, 0.25) is 0 Å². The number of phenols is 2. The smallest absolute Gasteiger partial charge is 0.243 e. The van der Waals surface area contributed by atoms with Crippen LogP contribution in [0.1, 0.15) is 37.3 Å². The van der Waals surface area contributed by atoms with Crippen molar-refractivity contribution in [1.29, 1.82) is 0 Å². The average molecular weight is 669 g/mol. The fourth-order valence-corrected chi connectivity index (χ4v) is 5.40. The summed E-state index contributed by atoms with van der Waals surface area (Å²) < 4.78 is 0. The first-order valence-corrected chi connectivity index (χ1v) is 15.9. The second-order valence-electron chi connectivity index (χ2n) is 11.9. The van der Waals surface area contributed by atoms with Crippen LogP contribution in [0.25, 0.3) is 11.1 Å². The first kappa shape index (κ1) is 37.5. The van der Waals surface area contributed by atoms with E-state index in [2.05, 4.69) is 26.3 Å². The second kappa shape index (κ2) is 17.8. The lowest BCUT2D eigenvalue weighted by molar-refractivity contribution is -0.134. The fraction of sp³-hybridized carbons (Fsp3) is 0.469. The molecule has 262 valence electrons. The molecular weight excluding hydrogens is 620 g/mol. The number of nitrogens with zero attached hydrogens (tertiary/aromatic N) is 1. The van der Waals surface area contributed by atoms with Gasteiger partial charge in [0.1, 0.15) is 29.6 Å². The van der Waals surface area contributed by atoms with Crippen molar-refractivity contribution in [2.45, 2.75) is 63.2 Å². The Hall–Kier alpha value is -4.93. The Bertz CT molecular complexity index is 1480. The minimum absolute atomic E-state index is 0.0299. The minimum Gasteiger partial charge on any atom is -0.508 e. The Morgan fingerprint density at radius 2 is 1.56 bits per heavy atom. The van der Waals surface area contributed by atoms with Crippen molar-refractivity contribution >= 4 is 29.6 Å². The van der Waals surface area contributed by atoms with E-state index in [1.165, 1.54) is 12.1 Å². The number of hydrogen-bond acceptors (Lipinski definition) is 10. The molecule has 1 unspecified atom stereocenters. The lowest BCUT2D eigenvalue weighted by Crippen LogP contribution is -2.60. The maximum Gasteiger partial charge on any atom is 0.243 e. The van der Waals surface area contributed by atoms with Gasteiger partial charge < -0.3 is 60.1 Å². The highest BCUT2D eigenvalue weighted by Crippen LogP contribution is 2.31. The molecule has 16 heteroatoms. The number of fused-ring (bicyclic) bond motifs is 5. The molecule has 0 spiro atoms. The molecule has 4 amide bonds. The Morgan fingerprint density at radius 3 is 2.15 bits per heavy atom. The summed E-state index contributed by atoms with van der Waals surface area (Å²) in [5.74, 6) is -3.32. The maximum absolute atomic E-state index is 13.9. The van der Waals surface area contributed by atoms with Crippen LogP contribution >= 0.6 is 0 Å². The van der Waals surface area contributed by atoms with E-state index in [1.54, 1.807) is 31.2 Å². The van der Waals surface area contributed by atoms with Gasteiger partial charge in [0.25, 0.3) is 0 Å². The van der Waals surface area contributed by atoms with Crippen LogP contribution < -0.4 is 49.9 Å². The standard InChI is InChI=1S/C32H48N10O6/c1-17(8-9-33)27-31(48)41-24(30(47)40-23(29(46)38-12-10-34)3-2-11-39-32(36)37)16-21-14-19(5-7-26(21)44)18-4-6-25(43)20(13-18)15-22(35)28(45)42-27/h4-7,13-14,17,22-24,27,43-44H,2-3,8-12,15-16,33-35H2,1H3,(H,38,46)(H,40,47)(H,41,48)(H,42,45)(H4,36,37,39)/t17-,22-,23?,24-,27-/m0/s1. The molecule has 0 fully saturated rings. The van der Waals surface area contributed by atoms with Crippen LogP contribution in [-0.4, -0.2) is 90.1 Å². The lowest BCUT2D eigenvalue weighted by atomic mass is 9.95. The number of aliphatic imine (C=N–C) groups is 1. The van der Waals surface area contributed by atoms with Crippen molar-refractivity contribution < 1.29 is 29.4 Å². The topological polar surface area (TPSA) is 299 Å². The largest absolute Gasteiger partial charge is 0.508 e. The molecule has 0 aliphatic carbocycles. The summed E-state index contributed by atoms with van der Waals surface area (Å²) in [5, 5.41) is 32.2. The average Bonchev–Trinajstić information content (AvgIpc) is 3.04. The van der Waals surface area contributed by atoms with Gasteiger partial charge in [-0.3, -0.25) is 24.2 Å². The van der Waals surface area contributed by atoms with Crippen molar-refractivity contribution in [3.63, 3.8) is 0 Å². The van der Waals surface area contributed by atoms with E-state index in [1.807, 2.05) is 0 Å². The van der Waals surface area contributed by atoms with Crippen molar-refractivity contribution in [3.05, 3.63) is 47.5 Å². The molecule has 1 aliphatic rings. The van der Waals surface area contributed by atoms with Crippen LogP contribution in [0.5, 0.6) is 11.5 Å². The van der Waals surface area contributed by atoms with Gasteiger partial charge in [-0.2, -0.15) is 0 Å². The monoisotopic (exact) mass is 668 g/mol. The van der Waals surface area contributed by atoms with Gasteiger partial charge in [0.2, 0.25) is 23.6 Å². The third-order valence-corrected chi connectivity index (χ3v) is 8.12. The molecule has 0 aromatic heterocycles. The quantitative estimate of drug-likeness (QED) is 0.0653. The predicted octanol–water partition coefficient (Wildman–Crippen LogP) is -2.24. The Balaban J connectivity index is 2.07. The molecule has 16 N–H and O–H groups in total. The highest BCUT2D eigenvalue weighted by molar-refractivity contribution is 5.95. The number of benzene rings is 2. The first-order valence-electron chi connectivity index (χ1n) is 15.9. The van der Waals surface area contributed by atoms with Crippen molar-refractivity contribution in [2.24, 2.45) is 39.6 Å². The van der Waals surface area contributed by atoms with Crippen LogP contribution in [0.15, 0.2) is 41.4 Å². The van der Waals surface area contributed by atoms with Crippen LogP contribution in [0, 0.1) is 5.92 Å². The molecule has 1 aliphatic heterocycles. The molecule has 3 rings (SSSR count). The summed E-state index contributed by atoms with van der Waals surface area (Å²) >= 11 is 0. The van der Waals surface area contributed by atoms with E-state index >= 15 is 0 Å². The van der Waals surface area contributed by atoms with E-state index < -0.39 is 53.7 Å². The number of phenolic OH excluding ortho intramolecular Hbond substituents is 2. The van der Waals surface area contributed by atoms with Gasteiger partial charge in [0.05, 0.1) is 6.04 Å². The van der Waals surface area contributed by atoms with Crippen molar-refractivity contribution in [2.75, 3.05) is 26.2 Å². The zero-order valence-electron chi connectivity index (χ0n) is 27.1. The highest BCUT2D eigenvalue weighted by atomic mass is 16.3. The molecule has 16 nitrogen and oxygen atoms in total. The summed E-state index contributed by atoms with van der Waals surface area (Å²) in [5.41, 5.74) is 30.4. The van der Waals surface area contributed by atoms with E-state index in [0.29, 0.717) is 35.1 Å². The second-order valence-corrected chi connectivity index (χ2v) is 11.9. The molecule has 4 bridgehead atoms. The highest BCUT2D eigenvalue weighted by Gasteiger charge is 2.33. The number of carbonyl (C=O) groups is 4. The van der Waals surface area contributed by atoms with Gasteiger partial charge in [0.15, 0.2) is 5.96 Å². The molecule has 0 radical (unpaired) electrons. The number of aromatic hydroxyl groups is 2. The molecule has 48 heavy (non-hydrogen) atoms. The number of hydrogen-bond donors (Lipinski definition) is 11. The molecule has 5 atom stereocenters. The van der Waals surface area contributed by atoms with Crippen molar-refractivity contribution in [1.82, 2.24) is 21.3 Å². The number of nitrogens with two attached hydrogens (primary N) is 5. The third-order valence-electron chi connectivity index (χ3n) is 8.12. The van der Waals surface area contributed by atoms with Gasteiger partial charge in [0, 0.05) is 32.5 Å². The molecular formula is C32H48N10O6. The minimum atomic E-state index is -1.31. The van der Waals surface area contributed by atoms with Gasteiger partial charge in [-0.15, -0.1) is 0 Å². The molecule has 2 aromatic rings. The SMILES string of the molecule is C[C@@H](CCN)[C@@H]1NC(=O)[C@@H](N)Cc2cc(ccc2O)-c2ccc(O)c(c2)C[C@@H](C(=O)NC(CCCN=C(N)N)C(=O)NCCN)NC1=O. The van der Waals surface area contributed by atoms with Crippen molar-refractivity contribution in [3.8, 4) is 22.6 Å². The predicted molar refractivity (Wildman–Crippen MR) is 181 cm³/mol. The normalized spacial score (nSPS) is 19.4. The van der Waals surface area contributed by atoms with E-state index in [0.717, 1.165) is 0 Å². The Morgan fingerprint density at radius 1 is 0.938 bits per heavy atom. The van der Waals surface area contributed by atoms with Crippen LogP contribution in [0.3, 0.4) is 0 Å². The molecule has 2 aromatic carbocycles. The van der Waals surface area contributed by atoms with E-state index in [9.17, 15) is 29.4 Å². The first-order chi connectivity index (χ1) is 22.8. The Labute approximate surface area is 279 Å². The van der Waals surface area contributed by atoms with E-state index in [-0.39, 0.29) is 62.9 Å². The Kier molecular flexibility index (Phi) is 13.9. The summed E-state index contributed by atoms with van der Waals surface area (Å²) in [6.45, 7) is 2.50. The summed E-state index contributed by atoms with van der Waals surface area (Å²) in [4.78, 5) is 58.0. The lowest BCUT2D eigenvalue weighted by Gasteiger charge is -2.29. The molecule has 1 heterocycles. The van der Waals surface area contributed by atoms with Crippen LogP contribution in [-0.2, 0) is 32.0 Å². The van der Waals surface area contributed by atoms with Gasteiger partial charge >= 0.3 is 0 Å². The summed E-state index contributed by atoms with van der Waals surface area (Å²) in [6.07, 6.45) is 0.651. The number of guanidine groups is 1. The van der Waals surface area contributed by atoms with Gasteiger partial charge in [-0.1, -0.05) is 19.1 Å². The third kappa shape index (κ3) is 10.5. The maximum atomic E-state index is 13.9. The number of carbonyl (C=O) groups excluding carboxylic acids is 4. The number of rotatable bonds is 12. The fourth-order valence-electron chi connectivity index (χ4n) is 5.40. The zero-order chi connectivity index (χ0) is 35.4. The molecule has 0 saturated heterocycles. The number of nitrogens with one attached hydrogen (secondary N) is 4. The summed E-state index contributed by atoms with van der Waals surface area (Å²) in [6, 6.07) is 5.01.